The van der Waals surface area contributed by atoms with E-state index in [0.717, 1.165) is 10.4 Å². The molecule has 35 heavy (non-hydrogen) atoms. The Bertz CT molecular complexity index is 927. The number of aliphatic hydroxyl groups excluding tert-OH is 1. The number of hydrogen-bond donors (Lipinski definition) is 2. The Kier molecular flexibility index (Phi) is 9.45. The number of aliphatic hydroxyl groups is 1. The van der Waals surface area contributed by atoms with Crippen LogP contribution in [-0.2, 0) is 14.0 Å². The molecule has 0 spiro atoms. The lowest BCUT2D eigenvalue weighted by Gasteiger charge is -2.44. The summed E-state index contributed by atoms with van der Waals surface area (Å²) in [5.74, 6) is -0.850. The van der Waals surface area contributed by atoms with Gasteiger partial charge in [-0.1, -0.05) is 88.4 Å². The maximum atomic E-state index is 12.7. The Morgan fingerprint density at radius 2 is 1.37 bits per heavy atom. The lowest BCUT2D eigenvalue weighted by molar-refractivity contribution is -0.124. The summed E-state index contributed by atoms with van der Waals surface area (Å²) in [7, 11) is -2.91. The minimum atomic E-state index is -2.91. The molecule has 7 heteroatoms. The van der Waals surface area contributed by atoms with Crippen LogP contribution in [0.1, 0.15) is 55.4 Å². The molecule has 0 aliphatic carbocycles. The minimum absolute atomic E-state index is 0.0192. The van der Waals surface area contributed by atoms with Crippen molar-refractivity contribution in [2.24, 2.45) is 5.92 Å². The molecule has 0 fully saturated rings. The van der Waals surface area contributed by atoms with Crippen molar-refractivity contribution < 1.29 is 23.9 Å². The second kappa shape index (κ2) is 11.5. The average Bonchev–Trinajstić information content (AvgIpc) is 2.77. The van der Waals surface area contributed by atoms with Crippen molar-refractivity contribution in [1.82, 2.24) is 5.32 Å². The van der Waals surface area contributed by atoms with E-state index in [1.54, 1.807) is 27.7 Å². The van der Waals surface area contributed by atoms with Gasteiger partial charge in [-0.3, -0.25) is 4.79 Å². The van der Waals surface area contributed by atoms with Crippen LogP contribution in [0.25, 0.3) is 0 Å². The summed E-state index contributed by atoms with van der Waals surface area (Å²) in [5, 5.41) is 15.7. The molecule has 2 aromatic carbocycles. The molecule has 192 valence electrons. The van der Waals surface area contributed by atoms with Crippen molar-refractivity contribution in [2.75, 3.05) is 6.61 Å². The van der Waals surface area contributed by atoms with E-state index in [-0.39, 0.29) is 17.4 Å². The van der Waals surface area contributed by atoms with Gasteiger partial charge >= 0.3 is 6.09 Å². The third-order valence-corrected chi connectivity index (χ3v) is 11.2. The summed E-state index contributed by atoms with van der Waals surface area (Å²) in [6.07, 6.45) is -1.80. The quantitative estimate of drug-likeness (QED) is 0.509. The summed E-state index contributed by atoms with van der Waals surface area (Å²) < 4.78 is 12.3. The number of amides is 1. The molecule has 0 heterocycles. The monoisotopic (exact) mass is 499 g/mol. The van der Waals surface area contributed by atoms with E-state index in [0.29, 0.717) is 0 Å². The van der Waals surface area contributed by atoms with Gasteiger partial charge in [-0.15, -0.1) is 0 Å². The van der Waals surface area contributed by atoms with E-state index in [2.05, 4.69) is 50.4 Å². The molecule has 1 amide bonds. The van der Waals surface area contributed by atoms with Crippen molar-refractivity contribution in [3.8, 4) is 0 Å². The molecule has 0 radical (unpaired) electrons. The molecule has 0 bridgehead atoms. The van der Waals surface area contributed by atoms with Gasteiger partial charge in [0, 0.05) is 5.92 Å². The molecule has 2 aromatic rings. The number of nitrogens with one attached hydrogen (secondary N) is 1. The summed E-state index contributed by atoms with van der Waals surface area (Å²) in [6, 6.07) is 19.4. The van der Waals surface area contributed by atoms with Crippen molar-refractivity contribution in [3.63, 3.8) is 0 Å². The minimum Gasteiger partial charge on any atom is -0.444 e. The van der Waals surface area contributed by atoms with E-state index in [4.69, 9.17) is 9.16 Å². The zero-order valence-electron chi connectivity index (χ0n) is 22.3. The Labute approximate surface area is 211 Å². The molecule has 0 aliphatic rings. The fourth-order valence-electron chi connectivity index (χ4n) is 4.25. The van der Waals surface area contributed by atoms with Crippen LogP contribution in [0.4, 0.5) is 4.79 Å². The molecule has 0 aliphatic heterocycles. The predicted octanol–water partition coefficient (Wildman–Crippen LogP) is 4.04. The second-order valence-electron chi connectivity index (χ2n) is 11.1. The highest BCUT2D eigenvalue weighted by Gasteiger charge is 2.50. The number of ketones is 1. The van der Waals surface area contributed by atoms with E-state index in [1.807, 2.05) is 36.4 Å². The summed E-state index contributed by atoms with van der Waals surface area (Å²) in [5.41, 5.74) is -0.704. The van der Waals surface area contributed by atoms with E-state index >= 15 is 0 Å². The van der Waals surface area contributed by atoms with Crippen molar-refractivity contribution >= 4 is 30.6 Å². The van der Waals surface area contributed by atoms with Crippen LogP contribution in [0.15, 0.2) is 60.7 Å². The third-order valence-electron chi connectivity index (χ3n) is 6.16. The first-order chi connectivity index (χ1) is 16.2. The van der Waals surface area contributed by atoms with Crippen molar-refractivity contribution in [3.05, 3.63) is 60.7 Å². The number of hydrogen-bond acceptors (Lipinski definition) is 5. The normalized spacial score (nSPS) is 15.1. The van der Waals surface area contributed by atoms with Gasteiger partial charge in [-0.25, -0.2) is 4.79 Å². The highest BCUT2D eigenvalue weighted by Crippen LogP contribution is 2.37. The van der Waals surface area contributed by atoms with Crippen LogP contribution in [-0.4, -0.2) is 49.7 Å². The summed E-state index contributed by atoms with van der Waals surface area (Å²) in [4.78, 5) is 24.7. The van der Waals surface area contributed by atoms with Gasteiger partial charge in [0.1, 0.15) is 11.4 Å². The lowest BCUT2D eigenvalue weighted by Crippen LogP contribution is -2.68. The van der Waals surface area contributed by atoms with Crippen LogP contribution in [0.3, 0.4) is 0 Å². The smallest absolute Gasteiger partial charge is 0.408 e. The first-order valence-electron chi connectivity index (χ1n) is 12.1. The number of ether oxygens (including phenoxy) is 1. The Morgan fingerprint density at radius 1 is 0.914 bits per heavy atom. The fourth-order valence-corrected chi connectivity index (χ4v) is 8.83. The number of alkyl carbamates (subject to hydrolysis) is 1. The first kappa shape index (κ1) is 28.8. The van der Waals surface area contributed by atoms with E-state index in [1.165, 1.54) is 6.92 Å². The molecular formula is C28H41NO5Si. The fraction of sp³-hybridized carbons (Fsp3) is 0.500. The van der Waals surface area contributed by atoms with Gasteiger partial charge in [0.05, 0.1) is 18.8 Å². The number of carbonyl (C=O) groups is 2. The lowest BCUT2D eigenvalue weighted by atomic mass is 9.95. The van der Waals surface area contributed by atoms with Gasteiger partial charge in [0.15, 0.2) is 0 Å². The zero-order chi connectivity index (χ0) is 26.4. The zero-order valence-corrected chi connectivity index (χ0v) is 23.3. The first-order valence-corrected chi connectivity index (χ1v) is 14.0. The average molecular weight is 500 g/mol. The van der Waals surface area contributed by atoms with Crippen LogP contribution in [0, 0.1) is 5.92 Å². The van der Waals surface area contributed by atoms with E-state index in [9.17, 15) is 14.7 Å². The molecule has 2 rings (SSSR count). The van der Waals surface area contributed by atoms with Gasteiger partial charge in [-0.05, 0) is 43.1 Å². The van der Waals surface area contributed by atoms with Crippen LogP contribution in [0.2, 0.25) is 5.04 Å². The topological polar surface area (TPSA) is 84.9 Å². The summed E-state index contributed by atoms with van der Waals surface area (Å²) >= 11 is 0. The maximum absolute atomic E-state index is 12.7. The SMILES string of the molecule is CC(=O)[C@H](C)[C@@H](O)[C@H](CO[Si](c1ccccc1)(c1ccccc1)C(C)(C)C)NC(=O)OC(C)(C)C. The van der Waals surface area contributed by atoms with Gasteiger partial charge in [0.2, 0.25) is 0 Å². The number of carbonyl (C=O) groups excluding carboxylic acids is 2. The number of Topliss-reactive ketones (excluding diaryl/α,β-unsaturated/α-hetero) is 1. The molecule has 2 N–H and O–H groups in total. The molecular weight excluding hydrogens is 458 g/mol. The Balaban J connectivity index is 2.52. The van der Waals surface area contributed by atoms with Gasteiger partial charge in [0.25, 0.3) is 8.32 Å². The largest absolute Gasteiger partial charge is 0.444 e. The van der Waals surface area contributed by atoms with Gasteiger partial charge < -0.3 is 19.6 Å². The molecule has 0 unspecified atom stereocenters. The van der Waals surface area contributed by atoms with Gasteiger partial charge in [-0.2, -0.15) is 0 Å². The molecule has 0 aromatic heterocycles. The van der Waals surface area contributed by atoms with E-state index < -0.39 is 38.1 Å². The highest BCUT2D eigenvalue weighted by atomic mass is 28.4. The summed E-state index contributed by atoms with van der Waals surface area (Å²) in [6.45, 7) is 14.9. The molecule has 6 nitrogen and oxygen atoms in total. The Hall–Kier alpha value is -2.48. The molecule has 0 saturated heterocycles. The molecule has 0 saturated carbocycles. The standard InChI is InChI=1S/C28H41NO5Si/c1-20(21(2)30)25(31)24(29-26(32)34-27(3,4)5)19-33-35(28(6,7)8,22-15-11-9-12-16-22)23-17-13-10-14-18-23/h9-18,20,24-25,31H,19H2,1-8H3,(H,29,32)/t20-,24-,25+/m0/s1. The predicted molar refractivity (Wildman–Crippen MR) is 143 cm³/mol. The van der Waals surface area contributed by atoms with Crippen LogP contribution in [0.5, 0.6) is 0 Å². The maximum Gasteiger partial charge on any atom is 0.408 e. The number of benzene rings is 2. The molecule has 3 atom stereocenters. The Morgan fingerprint density at radius 3 is 1.74 bits per heavy atom. The third kappa shape index (κ3) is 7.26. The second-order valence-corrected chi connectivity index (χ2v) is 15.4. The van der Waals surface area contributed by atoms with Crippen LogP contribution >= 0.6 is 0 Å². The van der Waals surface area contributed by atoms with Crippen molar-refractivity contribution in [2.45, 2.75) is 78.2 Å². The number of rotatable bonds is 9. The highest BCUT2D eigenvalue weighted by molar-refractivity contribution is 6.99. The van der Waals surface area contributed by atoms with Crippen LogP contribution < -0.4 is 15.7 Å². The van der Waals surface area contributed by atoms with Crippen molar-refractivity contribution in [1.29, 1.82) is 0 Å².